The van der Waals surface area contributed by atoms with Crippen molar-refractivity contribution in [1.82, 2.24) is 10.1 Å². The van der Waals surface area contributed by atoms with Crippen molar-refractivity contribution >= 4 is 0 Å². The molecule has 0 unspecified atom stereocenters. The number of benzene rings is 1. The first-order chi connectivity index (χ1) is 11.2. The summed E-state index contributed by atoms with van der Waals surface area (Å²) >= 11 is 0. The van der Waals surface area contributed by atoms with E-state index in [-0.39, 0.29) is 0 Å². The maximum absolute atomic E-state index is 10.8. The van der Waals surface area contributed by atoms with E-state index in [4.69, 9.17) is 9.26 Å². The van der Waals surface area contributed by atoms with E-state index in [2.05, 4.69) is 22.3 Å². The summed E-state index contributed by atoms with van der Waals surface area (Å²) in [5.41, 5.74) is -0.180. The molecule has 2 aliphatic carbocycles. The third-order valence-electron chi connectivity index (χ3n) is 5.47. The summed E-state index contributed by atoms with van der Waals surface area (Å²) in [5.74, 6) is 1.27. The van der Waals surface area contributed by atoms with Crippen LogP contribution in [-0.4, -0.2) is 22.4 Å². The standard InChI is InChI=1S/C18H22N2O3/c1-22-18(9-5-6-10-18)15-19-16(23-20-15)17(21)11-14(12-17)13-7-3-2-4-8-13/h2-4,7-8,14,21H,5-6,9-12H2,1H3. The Hall–Kier alpha value is -1.72. The molecule has 0 radical (unpaired) electrons. The first-order valence-corrected chi connectivity index (χ1v) is 8.32. The highest BCUT2D eigenvalue weighted by molar-refractivity contribution is 5.26. The third kappa shape index (κ3) is 2.39. The van der Waals surface area contributed by atoms with E-state index in [1.165, 1.54) is 5.56 Å². The van der Waals surface area contributed by atoms with Crippen LogP contribution in [0.25, 0.3) is 0 Å². The molecule has 2 aromatic rings. The lowest BCUT2D eigenvalue weighted by Crippen LogP contribution is -2.40. The summed E-state index contributed by atoms with van der Waals surface area (Å²) in [6.45, 7) is 0. The molecule has 0 spiro atoms. The lowest BCUT2D eigenvalue weighted by atomic mass is 9.68. The second kappa shape index (κ2) is 5.42. The fourth-order valence-corrected chi connectivity index (χ4v) is 3.95. The van der Waals surface area contributed by atoms with Crippen molar-refractivity contribution in [3.63, 3.8) is 0 Å². The summed E-state index contributed by atoms with van der Waals surface area (Å²) in [6, 6.07) is 10.3. The smallest absolute Gasteiger partial charge is 0.258 e. The molecule has 5 heteroatoms. The fourth-order valence-electron chi connectivity index (χ4n) is 3.95. The van der Waals surface area contributed by atoms with Crippen molar-refractivity contribution in [2.24, 2.45) is 0 Å². The topological polar surface area (TPSA) is 68.4 Å². The van der Waals surface area contributed by atoms with Gasteiger partial charge >= 0.3 is 0 Å². The third-order valence-corrected chi connectivity index (χ3v) is 5.47. The van der Waals surface area contributed by atoms with E-state index in [0.29, 0.717) is 30.5 Å². The molecule has 2 aliphatic rings. The van der Waals surface area contributed by atoms with Crippen LogP contribution in [0.5, 0.6) is 0 Å². The van der Waals surface area contributed by atoms with Gasteiger partial charge in [-0.2, -0.15) is 4.98 Å². The number of nitrogens with zero attached hydrogens (tertiary/aromatic N) is 2. The van der Waals surface area contributed by atoms with Crippen LogP contribution in [-0.2, 0) is 15.9 Å². The normalized spacial score (nSPS) is 29.4. The van der Waals surface area contributed by atoms with Gasteiger partial charge in [0.25, 0.3) is 5.89 Å². The molecule has 0 aliphatic heterocycles. The predicted octanol–water partition coefficient (Wildman–Crippen LogP) is 3.25. The Bertz CT molecular complexity index is 671. The van der Waals surface area contributed by atoms with Crippen LogP contribution >= 0.6 is 0 Å². The Balaban J connectivity index is 1.52. The molecule has 1 aromatic heterocycles. The van der Waals surface area contributed by atoms with Gasteiger partial charge in [0.05, 0.1) is 0 Å². The Morgan fingerprint density at radius 1 is 1.17 bits per heavy atom. The summed E-state index contributed by atoms with van der Waals surface area (Å²) in [4.78, 5) is 4.50. The van der Waals surface area contributed by atoms with Gasteiger partial charge in [-0.3, -0.25) is 0 Å². The molecule has 0 atom stereocenters. The minimum atomic E-state index is -1.00. The number of hydrogen-bond acceptors (Lipinski definition) is 5. The van der Waals surface area contributed by atoms with Crippen LogP contribution in [0.15, 0.2) is 34.9 Å². The van der Waals surface area contributed by atoms with E-state index in [0.717, 1.165) is 25.7 Å². The zero-order valence-corrected chi connectivity index (χ0v) is 13.4. The molecule has 4 rings (SSSR count). The molecular formula is C18H22N2O3. The highest BCUT2D eigenvalue weighted by Crippen LogP contribution is 2.51. The minimum absolute atomic E-state index is 0.336. The molecular weight excluding hydrogens is 292 g/mol. The van der Waals surface area contributed by atoms with Crippen LogP contribution in [0, 0.1) is 0 Å². The van der Waals surface area contributed by atoms with Gasteiger partial charge in [0, 0.05) is 7.11 Å². The second-order valence-electron chi connectivity index (χ2n) is 6.88. The fraction of sp³-hybridized carbons (Fsp3) is 0.556. The molecule has 2 saturated carbocycles. The van der Waals surface area contributed by atoms with Crippen LogP contribution in [0.2, 0.25) is 0 Å². The van der Waals surface area contributed by atoms with Gasteiger partial charge in [-0.15, -0.1) is 0 Å². The first-order valence-electron chi connectivity index (χ1n) is 8.32. The molecule has 0 bridgehead atoms. The number of aromatic nitrogens is 2. The minimum Gasteiger partial charge on any atom is -0.380 e. The highest BCUT2D eigenvalue weighted by atomic mass is 16.5. The molecule has 122 valence electrons. The molecule has 2 fully saturated rings. The number of hydrogen-bond donors (Lipinski definition) is 1. The number of rotatable bonds is 4. The molecule has 0 saturated heterocycles. The molecule has 5 nitrogen and oxygen atoms in total. The maximum Gasteiger partial charge on any atom is 0.258 e. The summed E-state index contributed by atoms with van der Waals surface area (Å²) < 4.78 is 11.1. The SMILES string of the molecule is COC1(c2noc(C3(O)CC(c4ccccc4)C3)n2)CCCC1. The van der Waals surface area contributed by atoms with Crippen LogP contribution < -0.4 is 0 Å². The van der Waals surface area contributed by atoms with Crippen molar-refractivity contribution in [1.29, 1.82) is 0 Å². The van der Waals surface area contributed by atoms with E-state index >= 15 is 0 Å². The Morgan fingerprint density at radius 2 is 1.87 bits per heavy atom. The number of aliphatic hydroxyl groups is 1. The van der Waals surface area contributed by atoms with Crippen molar-refractivity contribution in [3.05, 3.63) is 47.6 Å². The lowest BCUT2D eigenvalue weighted by Gasteiger charge is -2.41. The lowest BCUT2D eigenvalue weighted by molar-refractivity contribution is -0.0792. The largest absolute Gasteiger partial charge is 0.380 e. The molecule has 1 N–H and O–H groups in total. The van der Waals surface area contributed by atoms with E-state index in [1.807, 2.05) is 18.2 Å². The number of methoxy groups -OCH3 is 1. The van der Waals surface area contributed by atoms with Crippen molar-refractivity contribution in [2.45, 2.75) is 55.6 Å². The monoisotopic (exact) mass is 314 g/mol. The average molecular weight is 314 g/mol. The second-order valence-corrected chi connectivity index (χ2v) is 6.88. The van der Waals surface area contributed by atoms with Crippen LogP contribution in [0.1, 0.15) is 61.7 Å². The van der Waals surface area contributed by atoms with Gasteiger partial charge in [-0.05, 0) is 50.0 Å². The molecule has 23 heavy (non-hydrogen) atoms. The van der Waals surface area contributed by atoms with Crippen LogP contribution in [0.3, 0.4) is 0 Å². The van der Waals surface area contributed by atoms with Gasteiger partial charge in [0.15, 0.2) is 0 Å². The summed E-state index contributed by atoms with van der Waals surface area (Å²) in [7, 11) is 1.70. The highest BCUT2D eigenvalue weighted by Gasteiger charge is 2.50. The molecule has 1 heterocycles. The van der Waals surface area contributed by atoms with Crippen molar-refractivity contribution < 1.29 is 14.4 Å². The first kappa shape index (κ1) is 14.8. The van der Waals surface area contributed by atoms with Gasteiger partial charge in [0.1, 0.15) is 11.2 Å². The maximum atomic E-state index is 10.8. The zero-order chi connectivity index (χ0) is 15.9. The van der Waals surface area contributed by atoms with Gasteiger partial charge in [-0.25, -0.2) is 0 Å². The van der Waals surface area contributed by atoms with Gasteiger partial charge < -0.3 is 14.4 Å². The summed E-state index contributed by atoms with van der Waals surface area (Å²) in [5, 5.41) is 14.9. The average Bonchev–Trinajstić information content (AvgIpc) is 3.22. The van der Waals surface area contributed by atoms with E-state index in [1.54, 1.807) is 7.11 Å². The Kier molecular flexibility index (Phi) is 3.50. The number of ether oxygens (including phenoxy) is 1. The quantitative estimate of drug-likeness (QED) is 0.938. The van der Waals surface area contributed by atoms with Crippen LogP contribution in [0.4, 0.5) is 0 Å². The Labute approximate surface area is 135 Å². The van der Waals surface area contributed by atoms with E-state index in [9.17, 15) is 5.11 Å². The Morgan fingerprint density at radius 3 is 2.52 bits per heavy atom. The zero-order valence-electron chi connectivity index (χ0n) is 13.4. The summed E-state index contributed by atoms with van der Waals surface area (Å²) in [6.07, 6.45) is 5.29. The molecule has 0 amide bonds. The van der Waals surface area contributed by atoms with Gasteiger partial charge in [-0.1, -0.05) is 35.5 Å². The molecule has 1 aromatic carbocycles. The van der Waals surface area contributed by atoms with Crippen molar-refractivity contribution in [3.8, 4) is 0 Å². The predicted molar refractivity (Wildman–Crippen MR) is 83.8 cm³/mol. The van der Waals surface area contributed by atoms with E-state index < -0.39 is 11.2 Å². The van der Waals surface area contributed by atoms with Crippen molar-refractivity contribution in [2.75, 3.05) is 7.11 Å². The van der Waals surface area contributed by atoms with Gasteiger partial charge in [0.2, 0.25) is 5.82 Å².